The summed E-state index contributed by atoms with van der Waals surface area (Å²) in [6.07, 6.45) is 6.22. The second-order valence-corrected chi connectivity index (χ2v) is 6.08. The van der Waals surface area contributed by atoms with Crippen LogP contribution in [0.4, 0.5) is 0 Å². The first kappa shape index (κ1) is 19.7. The van der Waals surface area contributed by atoms with Gasteiger partial charge in [0.2, 0.25) is 0 Å². The van der Waals surface area contributed by atoms with Gasteiger partial charge in [-0.3, -0.25) is 4.79 Å². The molecule has 0 radical (unpaired) electrons. The molecule has 2 rings (SSSR count). The van der Waals surface area contributed by atoms with E-state index in [0.717, 1.165) is 5.56 Å². The summed E-state index contributed by atoms with van der Waals surface area (Å²) in [5, 5.41) is 3.30. The van der Waals surface area contributed by atoms with Gasteiger partial charge in [-0.15, -0.1) is 24.0 Å². The average molecular weight is 430 g/mol. The predicted octanol–water partition coefficient (Wildman–Crippen LogP) is 2.74. The van der Waals surface area contributed by atoms with Crippen LogP contribution in [0, 0.1) is 0 Å². The Balaban J connectivity index is 0.00000264. The van der Waals surface area contributed by atoms with Gasteiger partial charge in [-0.1, -0.05) is 31.4 Å². The fourth-order valence-electron chi connectivity index (χ4n) is 2.69. The SMILES string of the molecule is CN(C)C(=O)c1ccc(CN=C(N)NC2CCCCC2)cc1.I. The summed E-state index contributed by atoms with van der Waals surface area (Å²) in [5.74, 6) is 0.522. The second kappa shape index (κ2) is 9.75. The van der Waals surface area contributed by atoms with Crippen LogP contribution in [-0.4, -0.2) is 36.9 Å². The van der Waals surface area contributed by atoms with Crippen molar-refractivity contribution < 1.29 is 4.79 Å². The molecule has 1 amide bonds. The highest BCUT2D eigenvalue weighted by Gasteiger charge is 2.13. The fourth-order valence-corrected chi connectivity index (χ4v) is 2.69. The van der Waals surface area contributed by atoms with Crippen LogP contribution in [0.1, 0.15) is 48.0 Å². The predicted molar refractivity (Wildman–Crippen MR) is 105 cm³/mol. The number of hydrogen-bond acceptors (Lipinski definition) is 2. The summed E-state index contributed by atoms with van der Waals surface area (Å²) in [5.41, 5.74) is 7.68. The molecule has 0 aromatic heterocycles. The number of aliphatic imine (C=N–C) groups is 1. The van der Waals surface area contributed by atoms with Crippen LogP contribution in [0.5, 0.6) is 0 Å². The van der Waals surface area contributed by atoms with Crippen LogP contribution in [0.15, 0.2) is 29.3 Å². The lowest BCUT2D eigenvalue weighted by Gasteiger charge is -2.23. The smallest absolute Gasteiger partial charge is 0.253 e. The van der Waals surface area contributed by atoms with E-state index < -0.39 is 0 Å². The Morgan fingerprint density at radius 1 is 1.22 bits per heavy atom. The van der Waals surface area contributed by atoms with Crippen molar-refractivity contribution >= 4 is 35.8 Å². The number of hydrogen-bond donors (Lipinski definition) is 2. The van der Waals surface area contributed by atoms with E-state index in [0.29, 0.717) is 24.1 Å². The number of guanidine groups is 1. The molecular weight excluding hydrogens is 403 g/mol. The summed E-state index contributed by atoms with van der Waals surface area (Å²) < 4.78 is 0. The van der Waals surface area contributed by atoms with Crippen LogP contribution < -0.4 is 11.1 Å². The second-order valence-electron chi connectivity index (χ2n) is 6.08. The molecule has 3 N–H and O–H groups in total. The van der Waals surface area contributed by atoms with Gasteiger partial charge in [0.15, 0.2) is 5.96 Å². The Labute approximate surface area is 155 Å². The van der Waals surface area contributed by atoms with E-state index in [2.05, 4.69) is 10.3 Å². The number of halogens is 1. The van der Waals surface area contributed by atoms with E-state index >= 15 is 0 Å². The first-order valence-electron chi connectivity index (χ1n) is 7.93. The van der Waals surface area contributed by atoms with Crippen LogP contribution in [0.25, 0.3) is 0 Å². The fraction of sp³-hybridized carbons (Fsp3) is 0.529. The van der Waals surface area contributed by atoms with Crippen LogP contribution >= 0.6 is 24.0 Å². The first-order chi connectivity index (χ1) is 10.6. The molecule has 0 spiro atoms. The van der Waals surface area contributed by atoms with Crippen LogP contribution in [-0.2, 0) is 6.54 Å². The first-order valence-corrected chi connectivity index (χ1v) is 7.93. The molecule has 128 valence electrons. The monoisotopic (exact) mass is 430 g/mol. The molecule has 1 saturated carbocycles. The van der Waals surface area contributed by atoms with Crippen molar-refractivity contribution in [1.82, 2.24) is 10.2 Å². The molecule has 23 heavy (non-hydrogen) atoms. The lowest BCUT2D eigenvalue weighted by Crippen LogP contribution is -2.41. The van der Waals surface area contributed by atoms with E-state index in [4.69, 9.17) is 5.73 Å². The Morgan fingerprint density at radius 3 is 2.39 bits per heavy atom. The van der Waals surface area contributed by atoms with Crippen LogP contribution in [0.2, 0.25) is 0 Å². The Hall–Kier alpha value is -1.31. The van der Waals surface area contributed by atoms with Gasteiger partial charge in [0.1, 0.15) is 0 Å². The Kier molecular flexibility index (Phi) is 8.36. The Morgan fingerprint density at radius 2 is 1.83 bits per heavy atom. The summed E-state index contributed by atoms with van der Waals surface area (Å²) in [7, 11) is 3.50. The highest BCUT2D eigenvalue weighted by Crippen LogP contribution is 2.17. The van der Waals surface area contributed by atoms with Gasteiger partial charge in [0.25, 0.3) is 5.91 Å². The minimum Gasteiger partial charge on any atom is -0.370 e. The molecule has 6 heteroatoms. The molecule has 0 atom stereocenters. The minimum atomic E-state index is 0. The van der Waals surface area contributed by atoms with E-state index in [-0.39, 0.29) is 29.9 Å². The molecule has 0 aliphatic heterocycles. The van der Waals surface area contributed by atoms with Gasteiger partial charge in [0.05, 0.1) is 6.54 Å². The van der Waals surface area contributed by atoms with Gasteiger partial charge < -0.3 is 16.0 Å². The molecule has 0 heterocycles. The highest BCUT2D eigenvalue weighted by molar-refractivity contribution is 14.0. The maximum atomic E-state index is 11.8. The van der Waals surface area contributed by atoms with Gasteiger partial charge >= 0.3 is 0 Å². The lowest BCUT2D eigenvalue weighted by molar-refractivity contribution is 0.0827. The molecule has 1 aromatic carbocycles. The molecule has 1 aliphatic carbocycles. The number of nitrogens with one attached hydrogen (secondary N) is 1. The Bertz CT molecular complexity index is 522. The standard InChI is InChI=1S/C17H26N4O.HI/c1-21(2)16(22)14-10-8-13(9-11-14)12-19-17(18)20-15-6-4-3-5-7-15;/h8-11,15H,3-7,12H2,1-2H3,(H3,18,19,20);1H. The molecule has 0 bridgehead atoms. The zero-order valence-corrected chi connectivity index (χ0v) is 16.2. The zero-order chi connectivity index (χ0) is 15.9. The van der Waals surface area contributed by atoms with E-state index in [1.54, 1.807) is 19.0 Å². The lowest BCUT2D eigenvalue weighted by atomic mass is 9.96. The van der Waals surface area contributed by atoms with E-state index in [1.807, 2.05) is 24.3 Å². The largest absolute Gasteiger partial charge is 0.370 e. The number of benzene rings is 1. The van der Waals surface area contributed by atoms with E-state index in [9.17, 15) is 4.79 Å². The number of nitrogens with zero attached hydrogens (tertiary/aromatic N) is 2. The van der Waals surface area contributed by atoms with Gasteiger partial charge in [-0.25, -0.2) is 4.99 Å². The van der Waals surface area contributed by atoms with Crippen molar-refractivity contribution in [2.45, 2.75) is 44.7 Å². The molecule has 1 aromatic rings. The van der Waals surface area contributed by atoms with Crippen molar-refractivity contribution in [3.63, 3.8) is 0 Å². The molecular formula is C17H27IN4O. The third-order valence-electron chi connectivity index (χ3n) is 4.00. The number of rotatable bonds is 4. The molecule has 5 nitrogen and oxygen atoms in total. The number of carbonyl (C=O) groups excluding carboxylic acids is 1. The quantitative estimate of drug-likeness (QED) is 0.439. The summed E-state index contributed by atoms with van der Waals surface area (Å²) in [4.78, 5) is 17.8. The number of amides is 1. The maximum Gasteiger partial charge on any atom is 0.253 e. The molecule has 0 unspecified atom stereocenters. The maximum absolute atomic E-state index is 11.8. The normalized spacial score (nSPS) is 15.7. The average Bonchev–Trinajstić information content (AvgIpc) is 2.53. The molecule has 1 aliphatic rings. The van der Waals surface area contributed by atoms with Crippen molar-refractivity contribution in [1.29, 1.82) is 0 Å². The molecule has 0 saturated heterocycles. The van der Waals surface area contributed by atoms with Gasteiger partial charge in [-0.2, -0.15) is 0 Å². The highest BCUT2D eigenvalue weighted by atomic mass is 127. The van der Waals surface area contributed by atoms with Crippen LogP contribution in [0.3, 0.4) is 0 Å². The minimum absolute atomic E-state index is 0. The summed E-state index contributed by atoms with van der Waals surface area (Å²) >= 11 is 0. The summed E-state index contributed by atoms with van der Waals surface area (Å²) in [6.45, 7) is 0.530. The topological polar surface area (TPSA) is 70.7 Å². The van der Waals surface area contributed by atoms with Gasteiger partial charge in [0, 0.05) is 25.7 Å². The van der Waals surface area contributed by atoms with Crippen molar-refractivity contribution in [3.8, 4) is 0 Å². The van der Waals surface area contributed by atoms with Crippen molar-refractivity contribution in [3.05, 3.63) is 35.4 Å². The van der Waals surface area contributed by atoms with Crippen molar-refractivity contribution in [2.24, 2.45) is 10.7 Å². The third-order valence-corrected chi connectivity index (χ3v) is 4.00. The summed E-state index contributed by atoms with van der Waals surface area (Å²) in [6, 6.07) is 7.98. The number of carbonyl (C=O) groups is 1. The zero-order valence-electron chi connectivity index (χ0n) is 13.9. The van der Waals surface area contributed by atoms with Gasteiger partial charge in [-0.05, 0) is 30.5 Å². The third kappa shape index (κ3) is 6.37. The van der Waals surface area contributed by atoms with Crippen molar-refractivity contribution in [2.75, 3.05) is 14.1 Å². The van der Waals surface area contributed by atoms with E-state index in [1.165, 1.54) is 32.1 Å². The number of nitrogens with two attached hydrogens (primary N) is 1. The molecule has 1 fully saturated rings.